The summed E-state index contributed by atoms with van der Waals surface area (Å²) in [6.45, 7) is 2.77. The van der Waals surface area contributed by atoms with Crippen molar-refractivity contribution < 1.29 is 9.15 Å². The van der Waals surface area contributed by atoms with E-state index in [0.717, 1.165) is 28.6 Å². The third-order valence-electron chi connectivity index (χ3n) is 2.44. The van der Waals surface area contributed by atoms with Gasteiger partial charge in [-0.2, -0.15) is 0 Å². The van der Waals surface area contributed by atoms with E-state index in [9.17, 15) is 0 Å². The second-order valence-electron chi connectivity index (χ2n) is 3.88. The average molecular weight is 263 g/mol. The fourth-order valence-electron chi connectivity index (χ4n) is 1.53. The number of thioether (sulfide) groups is 1. The lowest BCUT2D eigenvalue weighted by molar-refractivity contribution is 0.318. The summed E-state index contributed by atoms with van der Waals surface area (Å²) in [5, 5.41) is 0. The first-order valence-electron chi connectivity index (χ1n) is 5.97. The molecule has 0 unspecified atom stereocenters. The van der Waals surface area contributed by atoms with Crippen LogP contribution in [0.15, 0.2) is 45.9 Å². The van der Waals surface area contributed by atoms with Crippen LogP contribution in [0.5, 0.6) is 5.75 Å². The third kappa shape index (κ3) is 3.23. The fourth-order valence-corrected chi connectivity index (χ4v) is 2.42. The second-order valence-corrected chi connectivity index (χ2v) is 4.90. The van der Waals surface area contributed by atoms with E-state index in [4.69, 9.17) is 14.9 Å². The quantitative estimate of drug-likeness (QED) is 0.633. The molecule has 0 spiro atoms. The molecule has 0 radical (unpaired) electrons. The number of benzene rings is 1. The molecular weight excluding hydrogens is 246 g/mol. The normalized spacial score (nSPS) is 10.5. The smallest absolute Gasteiger partial charge is 0.143 e. The van der Waals surface area contributed by atoms with Crippen LogP contribution in [0.1, 0.15) is 19.1 Å². The molecule has 0 saturated heterocycles. The maximum Gasteiger partial charge on any atom is 0.143 e. The minimum Gasteiger partial charge on any atom is -0.491 e. The Labute approximate surface area is 111 Å². The maximum absolute atomic E-state index is 6.09. The van der Waals surface area contributed by atoms with Gasteiger partial charge in [0.15, 0.2) is 0 Å². The van der Waals surface area contributed by atoms with Crippen LogP contribution in [0.25, 0.3) is 0 Å². The first-order valence-corrected chi connectivity index (χ1v) is 6.96. The highest BCUT2D eigenvalue weighted by Crippen LogP contribution is 2.34. The zero-order valence-corrected chi connectivity index (χ0v) is 11.2. The van der Waals surface area contributed by atoms with Gasteiger partial charge in [-0.1, -0.05) is 13.0 Å². The van der Waals surface area contributed by atoms with E-state index in [2.05, 4.69) is 6.92 Å². The van der Waals surface area contributed by atoms with Crippen LogP contribution in [0.2, 0.25) is 0 Å². The van der Waals surface area contributed by atoms with Crippen molar-refractivity contribution >= 4 is 17.4 Å². The van der Waals surface area contributed by atoms with Crippen LogP contribution in [-0.2, 0) is 5.75 Å². The molecule has 1 aromatic heterocycles. The van der Waals surface area contributed by atoms with Crippen LogP contribution in [0.4, 0.5) is 5.69 Å². The number of nitrogen functional groups attached to an aromatic ring is 1. The first-order chi connectivity index (χ1) is 8.81. The lowest BCUT2D eigenvalue weighted by atomic mass is 10.3. The van der Waals surface area contributed by atoms with Gasteiger partial charge in [0.1, 0.15) is 11.5 Å². The Hall–Kier alpha value is -1.55. The lowest BCUT2D eigenvalue weighted by Crippen LogP contribution is -2.00. The molecule has 0 aliphatic heterocycles. The number of ether oxygens (including phenoxy) is 1. The molecule has 2 N–H and O–H groups in total. The molecule has 96 valence electrons. The van der Waals surface area contributed by atoms with Gasteiger partial charge < -0.3 is 14.9 Å². The highest BCUT2D eigenvalue weighted by molar-refractivity contribution is 7.98. The highest BCUT2D eigenvalue weighted by atomic mass is 32.2. The number of hydrogen-bond acceptors (Lipinski definition) is 4. The molecule has 0 aliphatic rings. The number of nitrogens with two attached hydrogens (primary N) is 1. The molecule has 2 aromatic rings. The number of para-hydroxylation sites is 1. The van der Waals surface area contributed by atoms with Gasteiger partial charge >= 0.3 is 0 Å². The summed E-state index contributed by atoms with van der Waals surface area (Å²) in [6.07, 6.45) is 2.66. The summed E-state index contributed by atoms with van der Waals surface area (Å²) >= 11 is 1.65. The monoisotopic (exact) mass is 263 g/mol. The summed E-state index contributed by atoms with van der Waals surface area (Å²) in [4.78, 5) is 1.03. The van der Waals surface area contributed by atoms with Gasteiger partial charge in [0.05, 0.1) is 24.3 Å². The van der Waals surface area contributed by atoms with Crippen molar-refractivity contribution in [2.75, 3.05) is 12.3 Å². The van der Waals surface area contributed by atoms with Crippen molar-refractivity contribution in [3.8, 4) is 5.75 Å². The number of furan rings is 1. The predicted octanol–water partition coefficient (Wildman–Crippen LogP) is 3.94. The molecule has 4 heteroatoms. The maximum atomic E-state index is 6.09. The summed E-state index contributed by atoms with van der Waals surface area (Å²) in [5.41, 5.74) is 6.80. The molecule has 1 heterocycles. The standard InChI is InChI=1S/C14H17NO2S/c1-2-8-17-12-6-3-7-13(14(12)15)18-10-11-5-4-9-16-11/h3-7,9H,2,8,10,15H2,1H3. The molecule has 2 rings (SSSR count). The summed E-state index contributed by atoms with van der Waals surface area (Å²) < 4.78 is 10.9. The van der Waals surface area contributed by atoms with E-state index < -0.39 is 0 Å². The zero-order valence-electron chi connectivity index (χ0n) is 10.4. The number of rotatable bonds is 6. The van der Waals surface area contributed by atoms with Crippen LogP contribution >= 0.6 is 11.8 Å². The Morgan fingerprint density at radius 3 is 2.89 bits per heavy atom. The highest BCUT2D eigenvalue weighted by Gasteiger charge is 2.07. The van der Waals surface area contributed by atoms with Crippen LogP contribution in [0, 0.1) is 0 Å². The average Bonchev–Trinajstić information content (AvgIpc) is 2.89. The SMILES string of the molecule is CCCOc1cccc(SCc2ccco2)c1N. The second kappa shape index (κ2) is 6.40. The lowest BCUT2D eigenvalue weighted by Gasteiger charge is -2.11. The van der Waals surface area contributed by atoms with E-state index in [1.807, 2.05) is 30.3 Å². The topological polar surface area (TPSA) is 48.4 Å². The van der Waals surface area contributed by atoms with Crippen molar-refractivity contribution in [1.82, 2.24) is 0 Å². The molecule has 18 heavy (non-hydrogen) atoms. The van der Waals surface area contributed by atoms with Crippen molar-refractivity contribution in [2.45, 2.75) is 24.0 Å². The molecule has 0 atom stereocenters. The molecule has 0 fully saturated rings. The minimum absolute atomic E-state index is 0.691. The van der Waals surface area contributed by atoms with Crippen molar-refractivity contribution in [2.24, 2.45) is 0 Å². The van der Waals surface area contributed by atoms with E-state index in [1.54, 1.807) is 18.0 Å². The molecule has 3 nitrogen and oxygen atoms in total. The van der Waals surface area contributed by atoms with Gasteiger partial charge in [0.2, 0.25) is 0 Å². The Kier molecular flexibility index (Phi) is 4.59. The molecule has 0 bridgehead atoms. The Morgan fingerprint density at radius 2 is 2.17 bits per heavy atom. The van der Waals surface area contributed by atoms with E-state index in [1.165, 1.54) is 0 Å². The van der Waals surface area contributed by atoms with Gasteiger partial charge in [0.25, 0.3) is 0 Å². The zero-order chi connectivity index (χ0) is 12.8. The van der Waals surface area contributed by atoms with Crippen molar-refractivity contribution in [3.63, 3.8) is 0 Å². The Balaban J connectivity index is 2.03. The summed E-state index contributed by atoms with van der Waals surface area (Å²) in [5.74, 6) is 2.48. The van der Waals surface area contributed by atoms with E-state index in [-0.39, 0.29) is 0 Å². The summed E-state index contributed by atoms with van der Waals surface area (Å²) in [6, 6.07) is 9.72. The molecule has 0 aliphatic carbocycles. The largest absolute Gasteiger partial charge is 0.491 e. The van der Waals surface area contributed by atoms with Gasteiger partial charge in [-0.3, -0.25) is 0 Å². The molecule has 0 saturated carbocycles. The Bertz CT molecular complexity index is 483. The van der Waals surface area contributed by atoms with Gasteiger partial charge in [-0.25, -0.2) is 0 Å². The van der Waals surface area contributed by atoms with E-state index in [0.29, 0.717) is 12.3 Å². The van der Waals surface area contributed by atoms with Gasteiger partial charge in [0, 0.05) is 4.90 Å². The van der Waals surface area contributed by atoms with Crippen LogP contribution in [0.3, 0.4) is 0 Å². The van der Waals surface area contributed by atoms with Crippen LogP contribution in [-0.4, -0.2) is 6.61 Å². The Morgan fingerprint density at radius 1 is 1.28 bits per heavy atom. The third-order valence-corrected chi connectivity index (χ3v) is 3.53. The molecule has 0 amide bonds. The van der Waals surface area contributed by atoms with Crippen molar-refractivity contribution in [1.29, 1.82) is 0 Å². The van der Waals surface area contributed by atoms with Gasteiger partial charge in [-0.05, 0) is 30.7 Å². The summed E-state index contributed by atoms with van der Waals surface area (Å²) in [7, 11) is 0. The van der Waals surface area contributed by atoms with Crippen LogP contribution < -0.4 is 10.5 Å². The predicted molar refractivity (Wildman–Crippen MR) is 74.9 cm³/mol. The molecular formula is C14H17NO2S. The molecule has 1 aromatic carbocycles. The number of hydrogen-bond donors (Lipinski definition) is 1. The van der Waals surface area contributed by atoms with E-state index >= 15 is 0 Å². The van der Waals surface area contributed by atoms with Crippen molar-refractivity contribution in [3.05, 3.63) is 42.4 Å². The number of anilines is 1. The minimum atomic E-state index is 0.691. The fraction of sp³-hybridized carbons (Fsp3) is 0.286. The first kappa shape index (κ1) is 12.9. The van der Waals surface area contributed by atoms with Gasteiger partial charge in [-0.15, -0.1) is 11.8 Å².